The number of aliphatic hydroxyl groups is 1. The zero-order chi connectivity index (χ0) is 71.5. The quantitative estimate of drug-likeness (QED) is 0.0508. The summed E-state index contributed by atoms with van der Waals surface area (Å²) in [4.78, 5) is 13.2. The lowest BCUT2D eigenvalue weighted by molar-refractivity contribution is -0.414. The molecule has 0 bridgehead atoms. The number of hydrogen-bond acceptors (Lipinski definition) is 22. The third-order valence-corrected chi connectivity index (χ3v) is 21.7. The maximum absolute atomic E-state index is 13.2. The van der Waals surface area contributed by atoms with E-state index in [4.69, 9.17) is 94.7 Å². The predicted molar refractivity (Wildman–Crippen MR) is 368 cm³/mol. The molecule has 0 radical (unpaired) electrons. The van der Waals surface area contributed by atoms with Crippen molar-refractivity contribution in [1.82, 2.24) is 0 Å². The van der Waals surface area contributed by atoms with E-state index in [0.717, 1.165) is 27.8 Å². The van der Waals surface area contributed by atoms with Crippen LogP contribution in [0.1, 0.15) is 124 Å². The standard InChI is InChI=1S/C80H104O22/c1-13-80-45-88-77(70(80)98-74(102-80)58-37-27-18-28-38-58)94-60-46(2)39-87-75(67(60)86-43-57-35-25-17-26-36-57)97-69-52(8)91-73(96-66-65(63(92-53(9)81)51(7)89-71(66)82)95-76-68-62(47(3)50(6)90-76)99-78(10,11)100-68)49(5)79(69,12)101-72-48(4)61(84-41-55-31-21-15-22-32-55)64(85-42-56-33-23-16-24-34-56)59(93-72)44-83-40-54-29-19-14-20-30-54/h14-38,46-52,59-77,82H,13,39-45H2,1-12H3/t46-,47+,48-,49-,50?,51?,52?,59?,60?,61?,62+,63+,64-,65?,66-,67-,68?,69+,70?,71+,72+,73+,74+,75+,76+,77+,79?,80+/m1/s1. The number of hydrogen-bond donors (Lipinski definition) is 1. The molecule has 0 amide bonds. The lowest BCUT2D eigenvalue weighted by Crippen LogP contribution is -2.69. The Hall–Kier alpha value is -5.23. The molecule has 0 aromatic heterocycles. The summed E-state index contributed by atoms with van der Waals surface area (Å²) >= 11 is 0. The van der Waals surface area contributed by atoms with Gasteiger partial charge in [-0.05, 0) is 70.2 Å². The van der Waals surface area contributed by atoms with Crippen molar-refractivity contribution in [2.45, 2.75) is 269 Å². The van der Waals surface area contributed by atoms with Crippen molar-refractivity contribution in [3.8, 4) is 0 Å². The number of fused-ring (bicyclic) bond motifs is 2. The van der Waals surface area contributed by atoms with Crippen LogP contribution in [0.2, 0.25) is 0 Å². The Morgan fingerprint density at radius 2 is 1.05 bits per heavy atom. The molecular weight excluding hydrogens is 1310 g/mol. The SMILES string of the molecule is CC[C@]12CO[C@@H](OC3[C@H](C)CO[C@@H](O[C@H]4C(C)O[C@@H](O[C@@H]5C(O[C@@H]6OC(C)[C@H](C)[C@@H]7OC(C)(C)OC67)[C@@H](OC(C)=O)C(C)O[C@@H]5O)[C@@H](C)C4(C)O[C@@H]4OC(COCc5ccccc5)[C@@H](OCc5ccccc5)C(OCc5ccccc5)[C@H]4C)[C@@H]3OCc3ccccc3)C1O[C@H](c1ccccc1)O2. The van der Waals surface area contributed by atoms with Gasteiger partial charge in [-0.2, -0.15) is 0 Å². The summed E-state index contributed by atoms with van der Waals surface area (Å²) in [6.45, 7) is 24.1. The predicted octanol–water partition coefficient (Wildman–Crippen LogP) is 11.2. The first-order valence-corrected chi connectivity index (χ1v) is 36.5. The highest BCUT2D eigenvalue weighted by Gasteiger charge is 2.64. The molecule has 13 rings (SSSR count). The Balaban J connectivity index is 0.861. The molecule has 10 unspecified atom stereocenters. The molecule has 1 N–H and O–H groups in total. The van der Waals surface area contributed by atoms with Crippen molar-refractivity contribution in [3.63, 3.8) is 0 Å². The molecule has 8 fully saturated rings. The highest BCUT2D eigenvalue weighted by molar-refractivity contribution is 5.66. The molecule has 8 aliphatic rings. The highest BCUT2D eigenvalue weighted by atomic mass is 16.8. The van der Waals surface area contributed by atoms with E-state index in [1.165, 1.54) is 6.92 Å². The van der Waals surface area contributed by atoms with Crippen LogP contribution in [0.25, 0.3) is 0 Å². The first kappa shape index (κ1) is 75.0. The number of esters is 1. The summed E-state index contributed by atoms with van der Waals surface area (Å²) in [5.41, 5.74) is 2.44. The lowest BCUT2D eigenvalue weighted by Gasteiger charge is -2.56. The number of aliphatic hydroxyl groups excluding tert-OH is 1. The second-order valence-corrected chi connectivity index (χ2v) is 29.5. The minimum absolute atomic E-state index is 0.0804. The second-order valence-electron chi connectivity index (χ2n) is 29.5. The van der Waals surface area contributed by atoms with Crippen LogP contribution in [0.3, 0.4) is 0 Å². The van der Waals surface area contributed by atoms with E-state index < -0.39 is 164 Å². The summed E-state index contributed by atoms with van der Waals surface area (Å²) in [6.07, 6.45) is -19.4. The molecule has 0 spiro atoms. The maximum Gasteiger partial charge on any atom is 0.303 e. The van der Waals surface area contributed by atoms with Crippen molar-refractivity contribution in [2.24, 2.45) is 23.7 Å². The molecule has 8 aliphatic heterocycles. The van der Waals surface area contributed by atoms with Crippen LogP contribution >= 0.6 is 0 Å². The van der Waals surface area contributed by atoms with Gasteiger partial charge in [0.25, 0.3) is 0 Å². The molecule has 556 valence electrons. The number of ether oxygens (including phenoxy) is 20. The maximum atomic E-state index is 13.2. The minimum Gasteiger partial charge on any atom is -0.457 e. The third kappa shape index (κ3) is 16.6. The lowest BCUT2D eigenvalue weighted by atomic mass is 9.79. The summed E-state index contributed by atoms with van der Waals surface area (Å²) in [6, 6.07) is 49.7. The van der Waals surface area contributed by atoms with Gasteiger partial charge in [0.2, 0.25) is 0 Å². The zero-order valence-electron chi connectivity index (χ0n) is 60.6. The van der Waals surface area contributed by atoms with E-state index in [9.17, 15) is 9.90 Å². The van der Waals surface area contributed by atoms with Crippen molar-refractivity contribution in [1.29, 1.82) is 0 Å². The van der Waals surface area contributed by atoms with Crippen LogP contribution in [0.5, 0.6) is 0 Å². The topological polar surface area (TPSA) is 222 Å². The highest BCUT2D eigenvalue weighted by Crippen LogP contribution is 2.50. The molecule has 28 atom stereocenters. The van der Waals surface area contributed by atoms with Crippen molar-refractivity contribution < 1.29 is 105 Å². The van der Waals surface area contributed by atoms with Gasteiger partial charge < -0.3 is 99.8 Å². The van der Waals surface area contributed by atoms with Gasteiger partial charge in [0.15, 0.2) is 55.9 Å². The molecule has 102 heavy (non-hydrogen) atoms. The molecule has 8 saturated heterocycles. The van der Waals surface area contributed by atoms with Gasteiger partial charge in [0.05, 0.1) is 82.9 Å². The van der Waals surface area contributed by atoms with E-state index in [1.807, 2.05) is 207 Å². The fourth-order valence-corrected chi connectivity index (χ4v) is 15.6. The molecule has 8 heterocycles. The Morgan fingerprint density at radius 1 is 0.500 bits per heavy atom. The number of benzene rings is 5. The molecular formula is C80H104O22. The van der Waals surface area contributed by atoms with Crippen molar-refractivity contribution in [2.75, 3.05) is 19.8 Å². The number of carbonyl (C=O) groups is 1. The van der Waals surface area contributed by atoms with Gasteiger partial charge in [-0.15, -0.1) is 0 Å². The average molecular weight is 1420 g/mol. The average Bonchev–Trinajstić information content (AvgIpc) is 1.36. The molecule has 0 aliphatic carbocycles. The number of carbonyl (C=O) groups excluding carboxylic acids is 1. The zero-order valence-corrected chi connectivity index (χ0v) is 60.6. The fraction of sp³-hybridized carbons (Fsp3) is 0.613. The van der Waals surface area contributed by atoms with Crippen molar-refractivity contribution in [3.05, 3.63) is 179 Å². The van der Waals surface area contributed by atoms with E-state index in [2.05, 4.69) is 13.8 Å². The minimum atomic E-state index is -1.65. The molecule has 22 nitrogen and oxygen atoms in total. The molecule has 5 aromatic carbocycles. The van der Waals surface area contributed by atoms with E-state index in [-0.39, 0.29) is 57.6 Å². The van der Waals surface area contributed by atoms with Crippen LogP contribution < -0.4 is 0 Å². The van der Waals surface area contributed by atoms with Gasteiger partial charge >= 0.3 is 5.97 Å². The van der Waals surface area contributed by atoms with Crippen molar-refractivity contribution >= 4 is 5.97 Å². The summed E-state index contributed by atoms with van der Waals surface area (Å²) in [7, 11) is 0. The third-order valence-electron chi connectivity index (χ3n) is 21.7. The van der Waals surface area contributed by atoms with E-state index in [1.54, 1.807) is 6.92 Å². The Morgan fingerprint density at radius 3 is 1.66 bits per heavy atom. The normalized spacial score (nSPS) is 40.3. The molecule has 0 saturated carbocycles. The van der Waals surface area contributed by atoms with Crippen LogP contribution in [-0.4, -0.2) is 177 Å². The van der Waals surface area contributed by atoms with Gasteiger partial charge in [0.1, 0.15) is 60.0 Å². The monoisotopic (exact) mass is 1420 g/mol. The van der Waals surface area contributed by atoms with E-state index in [0.29, 0.717) is 13.0 Å². The Kier molecular flexibility index (Phi) is 24.2. The molecule has 22 heteroatoms. The Labute approximate surface area is 599 Å². The van der Waals surface area contributed by atoms with Gasteiger partial charge in [0, 0.05) is 36.2 Å². The summed E-state index contributed by atoms with van der Waals surface area (Å²) in [5.74, 6) is -3.31. The number of rotatable bonds is 26. The smallest absolute Gasteiger partial charge is 0.303 e. The second kappa shape index (κ2) is 32.9. The summed E-state index contributed by atoms with van der Waals surface area (Å²) in [5, 5.41) is 12.4. The van der Waals surface area contributed by atoms with Crippen LogP contribution in [0.15, 0.2) is 152 Å². The van der Waals surface area contributed by atoms with Gasteiger partial charge in [-0.3, -0.25) is 4.79 Å². The van der Waals surface area contributed by atoms with E-state index >= 15 is 0 Å². The van der Waals surface area contributed by atoms with Gasteiger partial charge in [-0.25, -0.2) is 0 Å². The summed E-state index contributed by atoms with van der Waals surface area (Å²) < 4.78 is 138. The van der Waals surface area contributed by atoms with Crippen LogP contribution in [0.4, 0.5) is 0 Å². The largest absolute Gasteiger partial charge is 0.457 e. The Bertz CT molecular complexity index is 3420. The van der Waals surface area contributed by atoms with Crippen LogP contribution in [0, 0.1) is 23.7 Å². The van der Waals surface area contributed by atoms with Crippen LogP contribution in [-0.2, 0) is 126 Å². The first-order chi connectivity index (χ1) is 49.2. The first-order valence-electron chi connectivity index (χ1n) is 36.5. The van der Waals surface area contributed by atoms with Gasteiger partial charge in [-0.1, -0.05) is 186 Å². The molecule has 5 aromatic rings. The fourth-order valence-electron chi connectivity index (χ4n) is 15.6.